The Morgan fingerprint density at radius 1 is 1.31 bits per heavy atom. The second kappa shape index (κ2) is 9.37. The van der Waals surface area contributed by atoms with Crippen LogP contribution in [0, 0.1) is 13.8 Å². The fourth-order valence-corrected chi connectivity index (χ4v) is 3.72. The van der Waals surface area contributed by atoms with E-state index in [0.29, 0.717) is 0 Å². The van der Waals surface area contributed by atoms with Crippen molar-refractivity contribution in [2.75, 3.05) is 39.4 Å². The van der Waals surface area contributed by atoms with Gasteiger partial charge in [0.25, 0.3) is 0 Å². The van der Waals surface area contributed by atoms with Gasteiger partial charge >= 0.3 is 0 Å². The third kappa shape index (κ3) is 4.98. The number of hydrogen-bond donors (Lipinski definition) is 1. The molecule has 0 saturated carbocycles. The molecule has 2 aliphatic heterocycles. The van der Waals surface area contributed by atoms with E-state index in [1.165, 1.54) is 5.69 Å². The Bertz CT molecular complexity index is 595. The maximum atomic E-state index is 5.96. The van der Waals surface area contributed by atoms with E-state index in [-0.39, 0.29) is 12.2 Å². The molecule has 0 amide bonds. The standard InChI is InChI=1S/C19H33N5O2/c1-4-20-19(21-8-6-9-24-16(3)13-15(2)22-24)23-10-12-26-18(14-23)17-7-5-11-25-17/h13,17-18H,4-12,14H2,1-3H3,(H,20,21). The molecule has 0 aromatic carbocycles. The molecule has 2 unspecified atom stereocenters. The van der Waals surface area contributed by atoms with Crippen LogP contribution in [0.15, 0.2) is 11.1 Å². The van der Waals surface area contributed by atoms with E-state index in [2.05, 4.69) is 39.9 Å². The monoisotopic (exact) mass is 363 g/mol. The van der Waals surface area contributed by atoms with Crippen LogP contribution in [0.2, 0.25) is 0 Å². The summed E-state index contributed by atoms with van der Waals surface area (Å²) >= 11 is 0. The summed E-state index contributed by atoms with van der Waals surface area (Å²) in [6.07, 6.45) is 3.63. The van der Waals surface area contributed by atoms with Gasteiger partial charge in [-0.05, 0) is 46.1 Å². The molecule has 2 saturated heterocycles. The second-order valence-corrected chi connectivity index (χ2v) is 7.15. The zero-order valence-electron chi connectivity index (χ0n) is 16.4. The summed E-state index contributed by atoms with van der Waals surface area (Å²) in [6.45, 7) is 12.2. The zero-order valence-corrected chi connectivity index (χ0v) is 16.4. The Hall–Kier alpha value is -1.60. The summed E-state index contributed by atoms with van der Waals surface area (Å²) in [6, 6.07) is 2.12. The Morgan fingerprint density at radius 2 is 2.15 bits per heavy atom. The lowest BCUT2D eigenvalue weighted by atomic mass is 10.1. The van der Waals surface area contributed by atoms with Crippen molar-refractivity contribution in [2.24, 2.45) is 4.99 Å². The van der Waals surface area contributed by atoms with Crippen LogP contribution >= 0.6 is 0 Å². The van der Waals surface area contributed by atoms with Gasteiger partial charge in [-0.15, -0.1) is 0 Å². The van der Waals surface area contributed by atoms with Crippen molar-refractivity contribution in [3.63, 3.8) is 0 Å². The molecule has 26 heavy (non-hydrogen) atoms. The molecule has 7 nitrogen and oxygen atoms in total. The summed E-state index contributed by atoms with van der Waals surface area (Å²) in [4.78, 5) is 7.17. The van der Waals surface area contributed by atoms with Gasteiger partial charge in [-0.2, -0.15) is 5.10 Å². The number of hydrogen-bond acceptors (Lipinski definition) is 4. The molecule has 2 fully saturated rings. The predicted octanol–water partition coefficient (Wildman–Crippen LogP) is 1.74. The van der Waals surface area contributed by atoms with Crippen molar-refractivity contribution in [3.8, 4) is 0 Å². The smallest absolute Gasteiger partial charge is 0.194 e. The fourth-order valence-electron chi connectivity index (χ4n) is 3.72. The number of rotatable bonds is 6. The van der Waals surface area contributed by atoms with E-state index < -0.39 is 0 Å². The highest BCUT2D eigenvalue weighted by molar-refractivity contribution is 5.80. The van der Waals surface area contributed by atoms with Crippen LogP contribution in [0.5, 0.6) is 0 Å². The first-order chi connectivity index (χ1) is 12.7. The molecule has 0 spiro atoms. The SMILES string of the molecule is CCNC(=NCCCn1nc(C)cc1C)N1CCOC(C2CCCO2)C1. The van der Waals surface area contributed by atoms with Crippen LogP contribution in [0.4, 0.5) is 0 Å². The van der Waals surface area contributed by atoms with Crippen molar-refractivity contribution in [2.45, 2.75) is 58.8 Å². The average molecular weight is 364 g/mol. The summed E-state index contributed by atoms with van der Waals surface area (Å²) in [5.41, 5.74) is 2.29. The molecule has 7 heteroatoms. The molecule has 1 aromatic heterocycles. The van der Waals surface area contributed by atoms with Gasteiger partial charge in [-0.3, -0.25) is 9.67 Å². The van der Waals surface area contributed by atoms with Gasteiger partial charge < -0.3 is 19.7 Å². The third-order valence-electron chi connectivity index (χ3n) is 5.00. The minimum absolute atomic E-state index is 0.157. The third-order valence-corrected chi connectivity index (χ3v) is 5.00. The summed E-state index contributed by atoms with van der Waals surface area (Å²) in [5.74, 6) is 0.993. The maximum absolute atomic E-state index is 5.96. The van der Waals surface area contributed by atoms with Gasteiger partial charge in [0.05, 0.1) is 18.4 Å². The lowest BCUT2D eigenvalue weighted by Gasteiger charge is -2.37. The molecule has 146 valence electrons. The van der Waals surface area contributed by atoms with Gasteiger partial charge in [-0.25, -0.2) is 0 Å². The molecule has 2 atom stereocenters. The van der Waals surface area contributed by atoms with Crippen LogP contribution in [-0.2, 0) is 16.0 Å². The first-order valence-corrected chi connectivity index (χ1v) is 9.95. The quantitative estimate of drug-likeness (QED) is 0.474. The number of morpholine rings is 1. The van der Waals surface area contributed by atoms with Crippen LogP contribution in [0.3, 0.4) is 0 Å². The van der Waals surface area contributed by atoms with E-state index in [1.54, 1.807) is 0 Å². The Kier molecular flexibility index (Phi) is 6.91. The lowest BCUT2D eigenvalue weighted by Crippen LogP contribution is -2.53. The van der Waals surface area contributed by atoms with Gasteiger partial charge in [-0.1, -0.05) is 0 Å². The molecule has 0 aliphatic carbocycles. The zero-order chi connectivity index (χ0) is 18.4. The highest BCUT2D eigenvalue weighted by atomic mass is 16.5. The number of nitrogens with one attached hydrogen (secondary N) is 1. The van der Waals surface area contributed by atoms with Gasteiger partial charge in [0.1, 0.15) is 6.10 Å². The highest BCUT2D eigenvalue weighted by Gasteiger charge is 2.32. The second-order valence-electron chi connectivity index (χ2n) is 7.15. The largest absolute Gasteiger partial charge is 0.375 e. The maximum Gasteiger partial charge on any atom is 0.194 e. The number of ether oxygens (including phenoxy) is 2. The average Bonchev–Trinajstić information content (AvgIpc) is 3.28. The van der Waals surface area contributed by atoms with Gasteiger partial charge in [0.2, 0.25) is 0 Å². The molecular weight excluding hydrogens is 330 g/mol. The number of aromatic nitrogens is 2. The van der Waals surface area contributed by atoms with Crippen molar-refractivity contribution in [3.05, 3.63) is 17.5 Å². The predicted molar refractivity (Wildman–Crippen MR) is 103 cm³/mol. The van der Waals surface area contributed by atoms with E-state index >= 15 is 0 Å². The van der Waals surface area contributed by atoms with Crippen molar-refractivity contribution < 1.29 is 9.47 Å². The van der Waals surface area contributed by atoms with E-state index in [0.717, 1.165) is 76.9 Å². The molecule has 0 radical (unpaired) electrons. The van der Waals surface area contributed by atoms with Gasteiger partial charge in [0.15, 0.2) is 5.96 Å². The van der Waals surface area contributed by atoms with Crippen molar-refractivity contribution in [1.82, 2.24) is 20.0 Å². The summed E-state index contributed by atoms with van der Waals surface area (Å²) in [5, 5.41) is 7.95. The Morgan fingerprint density at radius 3 is 2.85 bits per heavy atom. The van der Waals surface area contributed by atoms with E-state index in [1.807, 2.05) is 6.92 Å². The van der Waals surface area contributed by atoms with Crippen molar-refractivity contribution in [1.29, 1.82) is 0 Å². The molecule has 1 aromatic rings. The highest BCUT2D eigenvalue weighted by Crippen LogP contribution is 2.21. The molecule has 0 bridgehead atoms. The normalized spacial score (nSPS) is 24.3. The number of aryl methyl sites for hydroxylation is 3. The van der Waals surface area contributed by atoms with Crippen molar-refractivity contribution >= 4 is 5.96 Å². The number of guanidine groups is 1. The molecule has 3 heterocycles. The van der Waals surface area contributed by atoms with Crippen LogP contribution in [0.25, 0.3) is 0 Å². The molecule has 1 N–H and O–H groups in total. The minimum Gasteiger partial charge on any atom is -0.375 e. The van der Waals surface area contributed by atoms with Crippen LogP contribution in [0.1, 0.15) is 37.6 Å². The first-order valence-electron chi connectivity index (χ1n) is 9.95. The van der Waals surface area contributed by atoms with E-state index in [4.69, 9.17) is 14.5 Å². The molecular formula is C19H33N5O2. The minimum atomic E-state index is 0.157. The number of aliphatic imine (C=N–C) groups is 1. The fraction of sp³-hybridized carbons (Fsp3) is 0.789. The van der Waals surface area contributed by atoms with E-state index in [9.17, 15) is 0 Å². The summed E-state index contributed by atoms with van der Waals surface area (Å²) in [7, 11) is 0. The Balaban J connectivity index is 1.53. The van der Waals surface area contributed by atoms with Crippen LogP contribution < -0.4 is 5.32 Å². The topological polar surface area (TPSA) is 63.9 Å². The van der Waals surface area contributed by atoms with Crippen LogP contribution in [-0.4, -0.2) is 72.2 Å². The number of nitrogens with zero attached hydrogens (tertiary/aromatic N) is 4. The lowest BCUT2D eigenvalue weighted by molar-refractivity contribution is -0.0817. The molecule has 2 aliphatic rings. The summed E-state index contributed by atoms with van der Waals surface area (Å²) < 4.78 is 13.8. The first kappa shape index (κ1) is 19.2. The molecule has 3 rings (SSSR count). The Labute approximate surface area is 156 Å². The van der Waals surface area contributed by atoms with Gasteiger partial charge in [0, 0.05) is 45.0 Å².